The number of rotatable bonds is 4. The van der Waals surface area contributed by atoms with E-state index in [1.807, 2.05) is 0 Å². The van der Waals surface area contributed by atoms with E-state index in [9.17, 15) is 24.9 Å². The molecule has 2 aromatic heterocycles. The van der Waals surface area contributed by atoms with E-state index in [1.165, 1.54) is 17.2 Å². The molecule has 0 saturated carbocycles. The largest absolute Gasteiger partial charge is 0.443 e. The van der Waals surface area contributed by atoms with Crippen LogP contribution in [0.3, 0.4) is 0 Å². The van der Waals surface area contributed by atoms with Gasteiger partial charge in [-0.15, -0.1) is 0 Å². The molecule has 1 fully saturated rings. The fourth-order valence-corrected chi connectivity index (χ4v) is 3.20. The molecular formula is C18H28N8O7. The lowest BCUT2D eigenvalue weighted by Crippen LogP contribution is -2.57. The van der Waals surface area contributed by atoms with E-state index >= 15 is 0 Å². The summed E-state index contributed by atoms with van der Waals surface area (Å²) in [6, 6.07) is -0.891. The van der Waals surface area contributed by atoms with Crippen molar-refractivity contribution >= 4 is 29.1 Å². The third kappa shape index (κ3) is 5.22. The van der Waals surface area contributed by atoms with Crippen LogP contribution in [0, 0.1) is 0 Å². The minimum Gasteiger partial charge on any atom is -0.443 e. The van der Waals surface area contributed by atoms with Crippen LogP contribution in [0.5, 0.6) is 0 Å². The molecule has 0 aliphatic carbocycles. The number of carbonyl (C=O) groups excluding carboxylic acids is 2. The number of amides is 3. The van der Waals surface area contributed by atoms with Gasteiger partial charge in [-0.05, 0) is 27.7 Å². The number of ether oxygens (including phenoxy) is 2. The molecule has 182 valence electrons. The van der Waals surface area contributed by atoms with E-state index in [2.05, 4.69) is 25.7 Å². The number of fused-ring (bicyclic) bond motifs is 1. The van der Waals surface area contributed by atoms with Crippen LogP contribution in [0.1, 0.15) is 33.9 Å². The number of aromatic nitrogens is 4. The smallest absolute Gasteiger partial charge is 0.426 e. The molecule has 15 heteroatoms. The Morgan fingerprint density at radius 3 is 2.64 bits per heavy atom. The minimum atomic E-state index is -1.74. The summed E-state index contributed by atoms with van der Waals surface area (Å²) >= 11 is 0. The fourth-order valence-electron chi connectivity index (χ4n) is 3.20. The molecule has 1 aliphatic heterocycles. The Morgan fingerprint density at radius 1 is 1.30 bits per heavy atom. The lowest BCUT2D eigenvalue weighted by atomic mass is 10.1. The zero-order chi connectivity index (χ0) is 24.5. The van der Waals surface area contributed by atoms with Crippen LogP contribution in [0.25, 0.3) is 11.2 Å². The second kappa shape index (κ2) is 9.30. The standard InChI is InChI=1S/C18H28N8O7/c1-5-26(24-17(31)33-18(2,3)4)16(30)23-14(29)11-9(27)10(28)15(32-11)25-7-22-8-12(19)20-6-21-13(8)25/h6-7,9-11,14-15,27-29H,5H2,1-4H3,(H,23,30)(H,24,31)(H2,19,20,21)/t9-,10+,11-,14?,15+/m0/s1. The summed E-state index contributed by atoms with van der Waals surface area (Å²) in [6.45, 7) is 6.62. The SMILES string of the molecule is CCN(NC(=O)OC(C)(C)C)C(=O)NC(O)[C@H]1O[C@@H](n2cnc3c(N)ncnc32)[C@H](O)[C@@H]1O. The van der Waals surface area contributed by atoms with E-state index in [-0.39, 0.29) is 23.5 Å². The highest BCUT2D eigenvalue weighted by Crippen LogP contribution is 2.32. The molecular weight excluding hydrogens is 440 g/mol. The van der Waals surface area contributed by atoms with Gasteiger partial charge >= 0.3 is 12.1 Å². The first-order valence-corrected chi connectivity index (χ1v) is 10.1. The van der Waals surface area contributed by atoms with Crippen LogP contribution in [-0.4, -0.2) is 88.7 Å². The Labute approximate surface area is 188 Å². The summed E-state index contributed by atoms with van der Waals surface area (Å²) < 4.78 is 12.1. The Hall–Kier alpha value is -3.27. The molecule has 5 atom stereocenters. The topological polar surface area (TPSA) is 210 Å². The van der Waals surface area contributed by atoms with Crippen LogP contribution >= 0.6 is 0 Å². The molecule has 1 aliphatic rings. The van der Waals surface area contributed by atoms with Crippen molar-refractivity contribution in [3.05, 3.63) is 12.7 Å². The number of nitrogens with zero attached hydrogens (tertiary/aromatic N) is 5. The predicted octanol–water partition coefficient (Wildman–Crippen LogP) is -1.18. The van der Waals surface area contributed by atoms with Crippen molar-refractivity contribution in [2.24, 2.45) is 0 Å². The van der Waals surface area contributed by atoms with Crippen molar-refractivity contribution in [1.82, 2.24) is 35.3 Å². The monoisotopic (exact) mass is 468 g/mol. The molecule has 3 rings (SSSR count). The normalized spacial score (nSPS) is 23.8. The number of hydrogen-bond donors (Lipinski definition) is 6. The van der Waals surface area contributed by atoms with Crippen LogP contribution in [0.2, 0.25) is 0 Å². The number of nitrogens with two attached hydrogens (primary N) is 1. The van der Waals surface area contributed by atoms with Gasteiger partial charge in [0.05, 0.1) is 6.33 Å². The van der Waals surface area contributed by atoms with Gasteiger partial charge in [0.25, 0.3) is 0 Å². The average molecular weight is 468 g/mol. The highest BCUT2D eigenvalue weighted by molar-refractivity contribution is 5.81. The Balaban J connectivity index is 1.68. The van der Waals surface area contributed by atoms with Crippen molar-refractivity contribution < 1.29 is 34.4 Å². The first-order chi connectivity index (χ1) is 15.4. The number of imidazole rings is 1. The summed E-state index contributed by atoms with van der Waals surface area (Å²) in [5.74, 6) is 0.118. The van der Waals surface area contributed by atoms with E-state index in [0.29, 0.717) is 0 Å². The van der Waals surface area contributed by atoms with Gasteiger partial charge in [-0.3, -0.25) is 4.57 Å². The van der Waals surface area contributed by atoms with Gasteiger partial charge in [-0.1, -0.05) is 0 Å². The number of nitrogens with one attached hydrogen (secondary N) is 2. The molecule has 0 bridgehead atoms. The van der Waals surface area contributed by atoms with Crippen molar-refractivity contribution in [3.8, 4) is 0 Å². The number of nitrogen functional groups attached to an aromatic ring is 1. The molecule has 1 unspecified atom stereocenters. The maximum Gasteiger partial charge on any atom is 0.426 e. The van der Waals surface area contributed by atoms with Crippen LogP contribution in [0.15, 0.2) is 12.7 Å². The third-order valence-corrected chi connectivity index (χ3v) is 4.71. The summed E-state index contributed by atoms with van der Waals surface area (Å²) in [6.07, 6.45) is -5.76. The zero-order valence-electron chi connectivity index (χ0n) is 18.5. The number of hydrazine groups is 1. The van der Waals surface area contributed by atoms with E-state index in [0.717, 1.165) is 5.01 Å². The lowest BCUT2D eigenvalue weighted by Gasteiger charge is -2.28. The highest BCUT2D eigenvalue weighted by atomic mass is 16.6. The van der Waals surface area contributed by atoms with Crippen molar-refractivity contribution in [2.75, 3.05) is 12.3 Å². The molecule has 7 N–H and O–H groups in total. The molecule has 0 spiro atoms. The molecule has 0 aromatic carbocycles. The number of aliphatic hydroxyl groups excluding tert-OH is 3. The second-order valence-corrected chi connectivity index (χ2v) is 8.31. The maximum absolute atomic E-state index is 12.5. The average Bonchev–Trinajstić information content (AvgIpc) is 3.27. The van der Waals surface area contributed by atoms with Gasteiger partial charge in [0.15, 0.2) is 23.9 Å². The Bertz CT molecular complexity index is 1010. The predicted molar refractivity (Wildman–Crippen MR) is 112 cm³/mol. The number of aliphatic hydroxyl groups is 3. The molecule has 15 nitrogen and oxygen atoms in total. The van der Waals surface area contributed by atoms with Crippen molar-refractivity contribution in [3.63, 3.8) is 0 Å². The van der Waals surface area contributed by atoms with Crippen LogP contribution in [-0.2, 0) is 9.47 Å². The molecule has 2 aromatic rings. The molecule has 3 heterocycles. The summed E-state index contributed by atoms with van der Waals surface area (Å²) in [5.41, 5.74) is 7.75. The number of carbonyl (C=O) groups is 2. The molecule has 33 heavy (non-hydrogen) atoms. The molecule has 1 saturated heterocycles. The van der Waals surface area contributed by atoms with Gasteiger partial charge < -0.3 is 35.8 Å². The first-order valence-electron chi connectivity index (χ1n) is 10.1. The second-order valence-electron chi connectivity index (χ2n) is 8.31. The third-order valence-electron chi connectivity index (χ3n) is 4.71. The Morgan fingerprint density at radius 2 is 2.00 bits per heavy atom. The minimum absolute atomic E-state index is 0.0409. The zero-order valence-corrected chi connectivity index (χ0v) is 18.5. The lowest BCUT2D eigenvalue weighted by molar-refractivity contribution is -0.0905. The van der Waals surface area contributed by atoms with E-state index < -0.39 is 48.5 Å². The first kappa shape index (κ1) is 24.4. The van der Waals surface area contributed by atoms with Crippen LogP contribution in [0.4, 0.5) is 15.4 Å². The summed E-state index contributed by atoms with van der Waals surface area (Å²) in [4.78, 5) is 36.4. The van der Waals surface area contributed by atoms with Gasteiger partial charge in [-0.2, -0.15) is 0 Å². The van der Waals surface area contributed by atoms with Crippen molar-refractivity contribution in [1.29, 1.82) is 0 Å². The van der Waals surface area contributed by atoms with E-state index in [1.54, 1.807) is 27.7 Å². The number of anilines is 1. The maximum atomic E-state index is 12.5. The Kier molecular flexibility index (Phi) is 6.87. The van der Waals surface area contributed by atoms with E-state index in [4.69, 9.17) is 15.2 Å². The van der Waals surface area contributed by atoms with Gasteiger partial charge in [0.1, 0.15) is 35.8 Å². The fraction of sp³-hybridized carbons (Fsp3) is 0.611. The van der Waals surface area contributed by atoms with Gasteiger partial charge in [0, 0.05) is 6.54 Å². The number of urea groups is 1. The highest BCUT2D eigenvalue weighted by Gasteiger charge is 2.48. The van der Waals surface area contributed by atoms with Crippen LogP contribution < -0.4 is 16.5 Å². The molecule has 0 radical (unpaired) electrons. The summed E-state index contributed by atoms with van der Waals surface area (Å²) in [7, 11) is 0. The van der Waals surface area contributed by atoms with Gasteiger partial charge in [-0.25, -0.2) is 35.0 Å². The van der Waals surface area contributed by atoms with Crippen molar-refractivity contribution in [2.45, 2.75) is 64.1 Å². The molecule has 3 amide bonds. The quantitative estimate of drug-likeness (QED) is 0.232. The number of hydrogen-bond acceptors (Lipinski definition) is 11. The summed E-state index contributed by atoms with van der Waals surface area (Å²) in [5, 5.41) is 34.5. The van der Waals surface area contributed by atoms with Gasteiger partial charge in [0.2, 0.25) is 0 Å².